The highest BCUT2D eigenvalue weighted by molar-refractivity contribution is 5.76. The highest BCUT2D eigenvalue weighted by Gasteiger charge is 2.28. The van der Waals surface area contributed by atoms with Crippen molar-refractivity contribution in [3.05, 3.63) is 96.1 Å². The van der Waals surface area contributed by atoms with Crippen LogP contribution in [0, 0.1) is 0 Å². The Kier molecular flexibility index (Phi) is 8.02. The van der Waals surface area contributed by atoms with Crippen molar-refractivity contribution in [2.45, 2.75) is 56.9 Å². The fourth-order valence-corrected chi connectivity index (χ4v) is 4.33. The van der Waals surface area contributed by atoms with Crippen molar-refractivity contribution in [3.63, 3.8) is 0 Å². The number of nitrogens with two attached hydrogens (primary N) is 1. The van der Waals surface area contributed by atoms with Gasteiger partial charge in [-0.25, -0.2) is 0 Å². The molecule has 0 spiro atoms. The molecule has 1 aliphatic rings. The quantitative estimate of drug-likeness (QED) is 0.485. The van der Waals surface area contributed by atoms with Gasteiger partial charge in [0.2, 0.25) is 0 Å². The third kappa shape index (κ3) is 6.05. The van der Waals surface area contributed by atoms with E-state index in [1.165, 1.54) is 24.8 Å². The van der Waals surface area contributed by atoms with Crippen LogP contribution in [0.5, 0.6) is 0 Å². The lowest BCUT2D eigenvalue weighted by atomic mass is 9.77. The number of benzene rings is 3. The fraction of sp³-hybridized carbons (Fsp3) is 0.321. The molecular weight excluding hydrogens is 382 g/mol. The Labute approximate surface area is 185 Å². The molecule has 31 heavy (non-hydrogen) atoms. The van der Waals surface area contributed by atoms with Gasteiger partial charge in [0.25, 0.3) is 0 Å². The van der Waals surface area contributed by atoms with Crippen LogP contribution >= 0.6 is 0 Å². The number of aliphatic carboxylic acids is 1. The number of carboxylic acid groups (broad SMARTS) is 1. The Morgan fingerprint density at radius 3 is 1.87 bits per heavy atom. The number of carbonyl (C=O) groups is 1. The molecule has 1 saturated carbocycles. The van der Waals surface area contributed by atoms with Crippen molar-refractivity contribution in [1.82, 2.24) is 0 Å². The van der Waals surface area contributed by atoms with Gasteiger partial charge < -0.3 is 10.8 Å². The van der Waals surface area contributed by atoms with Gasteiger partial charge in [-0.1, -0.05) is 111 Å². The summed E-state index contributed by atoms with van der Waals surface area (Å²) in [6.07, 6.45) is 6.83. The largest absolute Gasteiger partial charge is 0.481 e. The van der Waals surface area contributed by atoms with Gasteiger partial charge in [0.15, 0.2) is 0 Å². The highest BCUT2D eigenvalue weighted by Crippen LogP contribution is 2.34. The van der Waals surface area contributed by atoms with Gasteiger partial charge in [-0.2, -0.15) is 0 Å². The lowest BCUT2D eigenvalue weighted by Crippen LogP contribution is -2.38. The maximum atomic E-state index is 11.1. The molecule has 3 nitrogen and oxygen atoms in total. The van der Waals surface area contributed by atoms with Crippen LogP contribution in [0.3, 0.4) is 0 Å². The van der Waals surface area contributed by atoms with E-state index in [4.69, 9.17) is 10.8 Å². The van der Waals surface area contributed by atoms with Crippen LogP contribution in [0.1, 0.15) is 62.5 Å². The van der Waals surface area contributed by atoms with Crippen LogP contribution in [0.2, 0.25) is 0 Å². The van der Waals surface area contributed by atoms with E-state index < -0.39 is 11.9 Å². The van der Waals surface area contributed by atoms with E-state index in [1.807, 2.05) is 61.5 Å². The smallest absolute Gasteiger partial charge is 0.310 e. The first-order valence-corrected chi connectivity index (χ1v) is 11.3. The van der Waals surface area contributed by atoms with Gasteiger partial charge in [-0.05, 0) is 41.5 Å². The lowest BCUT2D eigenvalue weighted by Gasteiger charge is -2.33. The summed E-state index contributed by atoms with van der Waals surface area (Å²) in [7, 11) is 0. The Morgan fingerprint density at radius 1 is 0.839 bits per heavy atom. The number of hydrogen-bond acceptors (Lipinski definition) is 2. The maximum Gasteiger partial charge on any atom is 0.310 e. The zero-order valence-electron chi connectivity index (χ0n) is 18.3. The van der Waals surface area contributed by atoms with E-state index in [2.05, 4.69) is 30.3 Å². The molecule has 1 atom stereocenters. The second-order valence-electron chi connectivity index (χ2n) is 8.37. The average molecular weight is 416 g/mol. The molecule has 0 radical (unpaired) electrons. The van der Waals surface area contributed by atoms with Gasteiger partial charge in [-0.3, -0.25) is 4.79 Å². The Hall–Kier alpha value is -2.91. The summed E-state index contributed by atoms with van der Waals surface area (Å²) in [5.74, 6) is -1.17. The summed E-state index contributed by atoms with van der Waals surface area (Å²) >= 11 is 0. The Balaban J connectivity index is 0.000000185. The van der Waals surface area contributed by atoms with Crippen molar-refractivity contribution in [3.8, 4) is 11.1 Å². The van der Waals surface area contributed by atoms with E-state index in [9.17, 15) is 4.79 Å². The molecule has 0 heterocycles. The molecule has 0 amide bonds. The SMILES string of the molecule is CCC(C(=O)O)c1ccc(-c2ccccc2)cc1.NC1(c2ccccc2)CCCCC1. The van der Waals surface area contributed by atoms with E-state index in [1.54, 1.807) is 0 Å². The van der Waals surface area contributed by atoms with E-state index in [0.29, 0.717) is 6.42 Å². The van der Waals surface area contributed by atoms with Crippen LogP contribution in [0.15, 0.2) is 84.9 Å². The minimum Gasteiger partial charge on any atom is -0.481 e. The summed E-state index contributed by atoms with van der Waals surface area (Å²) in [4.78, 5) is 11.1. The van der Waals surface area contributed by atoms with Gasteiger partial charge in [-0.15, -0.1) is 0 Å². The molecule has 1 fully saturated rings. The normalized spacial score (nSPS) is 15.9. The molecule has 0 saturated heterocycles. The second-order valence-corrected chi connectivity index (χ2v) is 8.37. The van der Waals surface area contributed by atoms with Gasteiger partial charge in [0.1, 0.15) is 0 Å². The molecule has 0 aromatic heterocycles. The third-order valence-corrected chi connectivity index (χ3v) is 6.22. The molecule has 162 valence electrons. The molecule has 3 aromatic rings. The fourth-order valence-electron chi connectivity index (χ4n) is 4.33. The lowest BCUT2D eigenvalue weighted by molar-refractivity contribution is -0.138. The van der Waals surface area contributed by atoms with Crippen LogP contribution in [-0.4, -0.2) is 11.1 Å². The van der Waals surface area contributed by atoms with Crippen molar-refractivity contribution in [2.75, 3.05) is 0 Å². The molecule has 0 bridgehead atoms. The molecule has 1 aliphatic carbocycles. The number of carboxylic acids is 1. The zero-order chi connectivity index (χ0) is 22.1. The van der Waals surface area contributed by atoms with Crippen LogP contribution in [0.25, 0.3) is 11.1 Å². The molecule has 3 N–H and O–H groups in total. The third-order valence-electron chi connectivity index (χ3n) is 6.22. The van der Waals surface area contributed by atoms with Crippen molar-refractivity contribution < 1.29 is 9.90 Å². The first kappa shape index (κ1) is 22.8. The van der Waals surface area contributed by atoms with E-state index in [-0.39, 0.29) is 5.54 Å². The standard InChI is InChI=1S/C16H16O2.C12H17N/c1-2-15(16(17)18)14-10-8-13(9-11-14)12-6-4-3-5-7-12;13-12(9-5-2-6-10-12)11-7-3-1-4-8-11/h3-11,15H,2H2,1H3,(H,17,18);1,3-4,7-8H,2,5-6,9-10,13H2. The van der Waals surface area contributed by atoms with Gasteiger partial charge in [0.05, 0.1) is 5.92 Å². The van der Waals surface area contributed by atoms with Crippen LogP contribution in [-0.2, 0) is 10.3 Å². The van der Waals surface area contributed by atoms with Crippen LogP contribution < -0.4 is 5.73 Å². The van der Waals surface area contributed by atoms with Crippen molar-refractivity contribution >= 4 is 5.97 Å². The number of rotatable bonds is 5. The maximum absolute atomic E-state index is 11.1. The number of hydrogen-bond donors (Lipinski definition) is 2. The highest BCUT2D eigenvalue weighted by atomic mass is 16.4. The van der Waals surface area contributed by atoms with E-state index in [0.717, 1.165) is 29.5 Å². The molecule has 3 aromatic carbocycles. The summed E-state index contributed by atoms with van der Waals surface area (Å²) in [5, 5.41) is 9.11. The second kappa shape index (κ2) is 10.9. The molecule has 4 rings (SSSR count). The minimum absolute atomic E-state index is 0.0283. The first-order valence-electron chi connectivity index (χ1n) is 11.3. The Bertz CT molecular complexity index is 930. The predicted octanol–water partition coefficient (Wildman–Crippen LogP) is 6.74. The molecule has 0 aliphatic heterocycles. The predicted molar refractivity (Wildman–Crippen MR) is 128 cm³/mol. The zero-order valence-corrected chi connectivity index (χ0v) is 18.3. The minimum atomic E-state index is -0.759. The summed E-state index contributed by atoms with van der Waals surface area (Å²) < 4.78 is 0. The van der Waals surface area contributed by atoms with Crippen LogP contribution in [0.4, 0.5) is 0 Å². The average Bonchev–Trinajstić information content (AvgIpc) is 2.82. The van der Waals surface area contributed by atoms with E-state index >= 15 is 0 Å². The monoisotopic (exact) mass is 415 g/mol. The molecule has 3 heteroatoms. The van der Waals surface area contributed by atoms with Crippen molar-refractivity contribution in [2.24, 2.45) is 5.73 Å². The summed E-state index contributed by atoms with van der Waals surface area (Å²) in [6, 6.07) is 28.4. The topological polar surface area (TPSA) is 63.3 Å². The summed E-state index contributed by atoms with van der Waals surface area (Å²) in [6.45, 7) is 1.89. The first-order chi connectivity index (χ1) is 15.0. The summed E-state index contributed by atoms with van der Waals surface area (Å²) in [5.41, 5.74) is 10.8. The molecular formula is C28H33NO2. The molecule has 1 unspecified atom stereocenters. The van der Waals surface area contributed by atoms with Gasteiger partial charge in [0, 0.05) is 5.54 Å². The van der Waals surface area contributed by atoms with Gasteiger partial charge >= 0.3 is 5.97 Å². The Morgan fingerprint density at radius 2 is 1.35 bits per heavy atom. The van der Waals surface area contributed by atoms with Crippen molar-refractivity contribution in [1.29, 1.82) is 0 Å².